The highest BCUT2D eigenvalue weighted by Gasteiger charge is 2.34. The molecule has 1 aliphatic rings. The molecule has 0 saturated carbocycles. The minimum Gasteiger partial charge on any atom is -0.360 e. The van der Waals surface area contributed by atoms with Crippen molar-refractivity contribution >= 4 is 21.8 Å². The van der Waals surface area contributed by atoms with Crippen LogP contribution in [0.25, 0.3) is 0 Å². The highest BCUT2D eigenvalue weighted by Crippen LogP contribution is 2.22. The van der Waals surface area contributed by atoms with Gasteiger partial charge in [-0.15, -0.1) is 0 Å². The first-order valence-electron chi connectivity index (χ1n) is 10.1. The van der Waals surface area contributed by atoms with E-state index in [4.69, 9.17) is 4.74 Å². The molecule has 1 aliphatic heterocycles. The van der Waals surface area contributed by atoms with Crippen molar-refractivity contribution in [1.82, 2.24) is 14.9 Å². The lowest BCUT2D eigenvalue weighted by Gasteiger charge is -2.34. The number of amides is 2. The highest BCUT2D eigenvalue weighted by atomic mass is 32.2. The van der Waals surface area contributed by atoms with Crippen LogP contribution in [-0.2, 0) is 30.9 Å². The Labute approximate surface area is 182 Å². The summed E-state index contributed by atoms with van der Waals surface area (Å²) in [4.78, 5) is 24.5. The first-order chi connectivity index (χ1) is 14.8. The summed E-state index contributed by atoms with van der Waals surface area (Å²) >= 11 is 0. The van der Waals surface area contributed by atoms with Gasteiger partial charge in [0, 0.05) is 13.1 Å². The molecule has 0 unspecified atom stereocenters. The molecule has 1 fully saturated rings. The third kappa shape index (κ3) is 5.69. The van der Waals surface area contributed by atoms with Crippen molar-refractivity contribution in [3.63, 3.8) is 0 Å². The van der Waals surface area contributed by atoms with E-state index in [0.717, 1.165) is 16.7 Å². The Morgan fingerprint density at radius 3 is 2.42 bits per heavy atom. The van der Waals surface area contributed by atoms with E-state index in [9.17, 15) is 18.0 Å². The Bertz CT molecular complexity index is 1040. The molecule has 2 aromatic carbocycles. The van der Waals surface area contributed by atoms with Crippen LogP contribution in [0.4, 0.5) is 0 Å². The Balaban J connectivity index is 1.59. The van der Waals surface area contributed by atoms with E-state index in [1.54, 1.807) is 24.3 Å². The van der Waals surface area contributed by atoms with Crippen LogP contribution in [0.15, 0.2) is 53.4 Å². The molecular formula is C22H27N3O5S. The van der Waals surface area contributed by atoms with Crippen LogP contribution in [0, 0.1) is 13.8 Å². The molecule has 3 rings (SSSR count). The van der Waals surface area contributed by atoms with E-state index in [1.165, 1.54) is 4.31 Å². The topological polar surface area (TPSA) is 105 Å². The van der Waals surface area contributed by atoms with Gasteiger partial charge in [0.1, 0.15) is 6.23 Å². The summed E-state index contributed by atoms with van der Waals surface area (Å²) in [6.07, 6.45) is -0.333. The lowest BCUT2D eigenvalue weighted by atomic mass is 10.1. The summed E-state index contributed by atoms with van der Waals surface area (Å²) in [6.45, 7) is 4.55. The molecule has 2 N–H and O–H groups in total. The summed E-state index contributed by atoms with van der Waals surface area (Å²) < 4.78 is 32.9. The maximum atomic E-state index is 13.0. The molecule has 0 radical (unpaired) electrons. The number of hydrogen-bond acceptors (Lipinski definition) is 5. The smallest absolute Gasteiger partial charge is 0.309 e. The van der Waals surface area contributed by atoms with Crippen molar-refractivity contribution in [3.05, 3.63) is 65.2 Å². The van der Waals surface area contributed by atoms with Gasteiger partial charge in [0.2, 0.25) is 10.0 Å². The number of nitrogens with one attached hydrogen (secondary N) is 2. The maximum absolute atomic E-state index is 13.0. The van der Waals surface area contributed by atoms with E-state index >= 15 is 0 Å². The first-order valence-corrected chi connectivity index (χ1v) is 11.5. The van der Waals surface area contributed by atoms with Gasteiger partial charge in [-0.25, -0.2) is 8.42 Å². The number of carbonyl (C=O) groups is 2. The molecule has 9 heteroatoms. The largest absolute Gasteiger partial charge is 0.360 e. The molecule has 8 nitrogen and oxygen atoms in total. The van der Waals surface area contributed by atoms with Crippen LogP contribution in [0.3, 0.4) is 0 Å². The molecule has 1 atom stereocenters. The molecular weight excluding hydrogens is 418 g/mol. The van der Waals surface area contributed by atoms with E-state index < -0.39 is 28.1 Å². The van der Waals surface area contributed by atoms with Crippen LogP contribution in [0.1, 0.15) is 23.1 Å². The summed E-state index contributed by atoms with van der Waals surface area (Å²) in [5.74, 6) is -1.62. The second-order valence-corrected chi connectivity index (χ2v) is 9.32. The number of sulfonamides is 1. The van der Waals surface area contributed by atoms with Crippen molar-refractivity contribution in [1.29, 1.82) is 0 Å². The van der Waals surface area contributed by atoms with Gasteiger partial charge >= 0.3 is 11.8 Å². The Kier molecular flexibility index (Phi) is 7.42. The summed E-state index contributed by atoms with van der Waals surface area (Å²) in [5, 5.41) is 5.06. The van der Waals surface area contributed by atoms with Gasteiger partial charge in [-0.2, -0.15) is 4.31 Å². The zero-order valence-corrected chi connectivity index (χ0v) is 18.4. The van der Waals surface area contributed by atoms with Crippen molar-refractivity contribution < 1.29 is 22.7 Å². The van der Waals surface area contributed by atoms with Gasteiger partial charge in [0.25, 0.3) is 0 Å². The second-order valence-electron chi connectivity index (χ2n) is 7.43. The van der Waals surface area contributed by atoms with E-state index in [-0.39, 0.29) is 24.5 Å². The fourth-order valence-corrected chi connectivity index (χ4v) is 4.84. The van der Waals surface area contributed by atoms with Crippen molar-refractivity contribution in [2.24, 2.45) is 0 Å². The third-order valence-electron chi connectivity index (χ3n) is 5.13. The summed E-state index contributed by atoms with van der Waals surface area (Å²) in [7, 11) is -3.79. The zero-order chi connectivity index (χ0) is 22.4. The van der Waals surface area contributed by atoms with Gasteiger partial charge < -0.3 is 15.4 Å². The van der Waals surface area contributed by atoms with Crippen LogP contribution >= 0.6 is 0 Å². The lowest BCUT2D eigenvalue weighted by Crippen LogP contribution is -2.53. The first kappa shape index (κ1) is 22.9. The molecule has 0 aliphatic carbocycles. The standard InChI is InChI=1S/C22H27N3O5S/c1-16-8-10-19(11-9-16)31(28,29)25-12-5-13-30-20(25)15-24-22(27)21(26)23-14-18-7-4-3-6-17(18)2/h3-4,6-11,20H,5,12-15H2,1-2H3,(H,23,26)(H,24,27)/t20-/m1/s1. The summed E-state index contributed by atoms with van der Waals surface area (Å²) in [5.41, 5.74) is 2.87. The molecule has 2 aromatic rings. The van der Waals surface area contributed by atoms with Crippen LogP contribution < -0.4 is 10.6 Å². The number of rotatable bonds is 6. The van der Waals surface area contributed by atoms with Crippen LogP contribution in [0.2, 0.25) is 0 Å². The zero-order valence-electron chi connectivity index (χ0n) is 17.6. The average Bonchev–Trinajstić information content (AvgIpc) is 2.77. The van der Waals surface area contributed by atoms with Crippen LogP contribution in [0.5, 0.6) is 0 Å². The van der Waals surface area contributed by atoms with Crippen molar-refractivity contribution in [3.8, 4) is 0 Å². The molecule has 0 aromatic heterocycles. The number of nitrogens with zero attached hydrogens (tertiary/aromatic N) is 1. The highest BCUT2D eigenvalue weighted by molar-refractivity contribution is 7.89. The minimum atomic E-state index is -3.79. The molecule has 1 heterocycles. The maximum Gasteiger partial charge on any atom is 0.309 e. The van der Waals surface area contributed by atoms with Gasteiger partial charge in [-0.3, -0.25) is 9.59 Å². The minimum absolute atomic E-state index is 0.123. The van der Waals surface area contributed by atoms with Crippen molar-refractivity contribution in [2.45, 2.75) is 37.9 Å². The predicted molar refractivity (Wildman–Crippen MR) is 115 cm³/mol. The normalized spacial score (nSPS) is 17.2. The van der Waals surface area contributed by atoms with Gasteiger partial charge in [0.15, 0.2) is 0 Å². The fraction of sp³-hybridized carbons (Fsp3) is 0.364. The Morgan fingerprint density at radius 2 is 1.71 bits per heavy atom. The Hall–Kier alpha value is -2.75. The monoisotopic (exact) mass is 445 g/mol. The molecule has 166 valence electrons. The number of carbonyl (C=O) groups excluding carboxylic acids is 2. The second kappa shape index (κ2) is 10.0. The summed E-state index contributed by atoms with van der Waals surface area (Å²) in [6, 6.07) is 14.1. The SMILES string of the molecule is Cc1ccc(S(=O)(=O)N2CCCO[C@@H]2CNC(=O)C(=O)NCc2ccccc2C)cc1. The number of aryl methyl sites for hydroxylation is 2. The number of hydrogen-bond donors (Lipinski definition) is 2. The van der Waals surface area contributed by atoms with Gasteiger partial charge in [-0.05, 0) is 43.5 Å². The predicted octanol–water partition coefficient (Wildman–Crippen LogP) is 1.47. The van der Waals surface area contributed by atoms with E-state index in [1.807, 2.05) is 38.1 Å². The quantitative estimate of drug-likeness (QED) is 0.656. The fourth-order valence-electron chi connectivity index (χ4n) is 3.27. The molecule has 2 amide bonds. The van der Waals surface area contributed by atoms with Crippen LogP contribution in [-0.4, -0.2) is 50.5 Å². The lowest BCUT2D eigenvalue weighted by molar-refractivity contribution is -0.140. The molecule has 0 spiro atoms. The average molecular weight is 446 g/mol. The van der Waals surface area contributed by atoms with Gasteiger partial charge in [-0.1, -0.05) is 42.0 Å². The molecule has 31 heavy (non-hydrogen) atoms. The number of ether oxygens (including phenoxy) is 1. The van der Waals surface area contributed by atoms with Gasteiger partial charge in [0.05, 0.1) is 18.0 Å². The van der Waals surface area contributed by atoms with E-state index in [2.05, 4.69) is 10.6 Å². The van der Waals surface area contributed by atoms with Crippen molar-refractivity contribution in [2.75, 3.05) is 19.7 Å². The number of benzene rings is 2. The molecule has 0 bridgehead atoms. The Morgan fingerprint density at radius 1 is 1.03 bits per heavy atom. The molecule has 1 saturated heterocycles. The van der Waals surface area contributed by atoms with E-state index in [0.29, 0.717) is 13.0 Å². The third-order valence-corrected chi connectivity index (χ3v) is 7.03.